The number of anilines is 1. The monoisotopic (exact) mass is 289 g/mol. The van der Waals surface area contributed by atoms with Crippen LogP contribution in [0.1, 0.15) is 11.1 Å². The molecule has 3 rings (SSSR count). The molecular formula is C16H10F3NO. The van der Waals surface area contributed by atoms with Gasteiger partial charge in [-0.05, 0) is 29.8 Å². The number of hydrogen-bond acceptors (Lipinski definition) is 1. The molecule has 2 nitrogen and oxygen atoms in total. The maximum atomic E-state index is 12.7. The summed E-state index contributed by atoms with van der Waals surface area (Å²) in [6, 6.07) is 13.7. The van der Waals surface area contributed by atoms with Gasteiger partial charge < -0.3 is 0 Å². The molecule has 2 aromatic rings. The fourth-order valence-corrected chi connectivity index (χ4v) is 2.15. The minimum atomic E-state index is -4.41. The highest BCUT2D eigenvalue weighted by Crippen LogP contribution is 2.35. The number of nitrogens with zero attached hydrogens (tertiary/aromatic N) is 1. The van der Waals surface area contributed by atoms with E-state index in [2.05, 4.69) is 0 Å². The maximum Gasteiger partial charge on any atom is 0.416 e. The van der Waals surface area contributed by atoms with Gasteiger partial charge in [0.1, 0.15) is 0 Å². The Morgan fingerprint density at radius 2 is 1.62 bits per heavy atom. The van der Waals surface area contributed by atoms with E-state index >= 15 is 0 Å². The summed E-state index contributed by atoms with van der Waals surface area (Å²) in [7, 11) is 0. The van der Waals surface area contributed by atoms with Gasteiger partial charge in [0, 0.05) is 11.9 Å². The molecule has 0 bridgehead atoms. The third-order valence-electron chi connectivity index (χ3n) is 3.24. The van der Waals surface area contributed by atoms with Crippen molar-refractivity contribution in [3.63, 3.8) is 0 Å². The van der Waals surface area contributed by atoms with Crippen molar-refractivity contribution in [2.24, 2.45) is 0 Å². The summed E-state index contributed by atoms with van der Waals surface area (Å²) < 4.78 is 38.0. The normalized spacial score (nSPS) is 14.7. The maximum absolute atomic E-state index is 12.7. The van der Waals surface area contributed by atoms with Crippen LogP contribution in [0.2, 0.25) is 0 Å². The molecule has 5 heteroatoms. The number of carbonyl (C=O) groups excluding carboxylic acids is 1. The van der Waals surface area contributed by atoms with Crippen LogP contribution in [0.25, 0.3) is 5.57 Å². The summed E-state index contributed by atoms with van der Waals surface area (Å²) >= 11 is 0. The van der Waals surface area contributed by atoms with Crippen LogP contribution >= 0.6 is 0 Å². The molecule has 0 fully saturated rings. The molecule has 0 unspecified atom stereocenters. The minimum Gasteiger partial charge on any atom is -0.283 e. The SMILES string of the molecule is O=C1C(c2cccc(C(F)(F)F)c2)=CN1c1ccccc1. The molecule has 0 atom stereocenters. The van der Waals surface area contributed by atoms with Crippen molar-refractivity contribution in [1.29, 1.82) is 0 Å². The smallest absolute Gasteiger partial charge is 0.283 e. The molecule has 0 saturated carbocycles. The lowest BCUT2D eigenvalue weighted by atomic mass is 9.98. The van der Waals surface area contributed by atoms with E-state index in [-0.39, 0.29) is 17.0 Å². The fourth-order valence-electron chi connectivity index (χ4n) is 2.15. The van der Waals surface area contributed by atoms with E-state index in [9.17, 15) is 18.0 Å². The lowest BCUT2D eigenvalue weighted by Gasteiger charge is -2.29. The van der Waals surface area contributed by atoms with Crippen LogP contribution in [-0.2, 0) is 11.0 Å². The summed E-state index contributed by atoms with van der Waals surface area (Å²) in [4.78, 5) is 13.5. The Balaban J connectivity index is 1.92. The highest BCUT2D eigenvalue weighted by molar-refractivity contribution is 6.34. The van der Waals surface area contributed by atoms with Crippen molar-refractivity contribution in [3.8, 4) is 0 Å². The van der Waals surface area contributed by atoms with Crippen molar-refractivity contribution in [3.05, 3.63) is 71.9 Å². The number of amides is 1. The lowest BCUT2D eigenvalue weighted by Crippen LogP contribution is -2.35. The first-order chi connectivity index (χ1) is 9.97. The van der Waals surface area contributed by atoms with Gasteiger partial charge in [-0.1, -0.05) is 30.3 Å². The van der Waals surface area contributed by atoms with E-state index in [1.165, 1.54) is 17.0 Å². The standard InChI is InChI=1S/C16H10F3NO/c17-16(18,19)12-6-4-5-11(9-12)14-10-20(15(14)21)13-7-2-1-3-8-13/h1-10H. The molecule has 106 valence electrons. The predicted octanol–water partition coefficient (Wildman–Crippen LogP) is 4.09. The van der Waals surface area contributed by atoms with Gasteiger partial charge in [-0.25, -0.2) is 0 Å². The number of benzene rings is 2. The second kappa shape index (κ2) is 4.77. The van der Waals surface area contributed by atoms with E-state index in [0.717, 1.165) is 12.1 Å². The number of rotatable bonds is 2. The molecule has 0 saturated heterocycles. The molecule has 0 aliphatic carbocycles. The van der Waals surface area contributed by atoms with E-state index in [0.29, 0.717) is 5.69 Å². The fraction of sp³-hybridized carbons (Fsp3) is 0.0625. The predicted molar refractivity (Wildman–Crippen MR) is 73.3 cm³/mol. The summed E-state index contributed by atoms with van der Waals surface area (Å²) in [5.41, 5.74) is 0.497. The minimum absolute atomic E-state index is 0.280. The summed E-state index contributed by atoms with van der Waals surface area (Å²) in [6.45, 7) is 0. The summed E-state index contributed by atoms with van der Waals surface area (Å²) in [5.74, 6) is -0.305. The zero-order valence-electron chi connectivity index (χ0n) is 10.8. The van der Waals surface area contributed by atoms with Crippen molar-refractivity contribution in [2.75, 3.05) is 4.90 Å². The lowest BCUT2D eigenvalue weighted by molar-refractivity contribution is -0.137. The molecule has 1 aliphatic rings. The summed E-state index contributed by atoms with van der Waals surface area (Å²) in [6.07, 6.45) is -2.87. The molecular weight excluding hydrogens is 279 g/mol. The number of hydrogen-bond donors (Lipinski definition) is 0. The van der Waals surface area contributed by atoms with Gasteiger partial charge in [-0.2, -0.15) is 13.2 Å². The second-order valence-corrected chi connectivity index (χ2v) is 4.63. The van der Waals surface area contributed by atoms with E-state index in [1.54, 1.807) is 30.5 Å². The van der Waals surface area contributed by atoms with Crippen molar-refractivity contribution < 1.29 is 18.0 Å². The average Bonchev–Trinajstić information content (AvgIpc) is 2.46. The zero-order valence-corrected chi connectivity index (χ0v) is 10.8. The average molecular weight is 289 g/mol. The molecule has 2 aromatic carbocycles. The number of alkyl halides is 3. The largest absolute Gasteiger partial charge is 0.416 e. The number of halogens is 3. The first kappa shape index (κ1) is 13.4. The molecule has 1 heterocycles. The third-order valence-corrected chi connectivity index (χ3v) is 3.24. The van der Waals surface area contributed by atoms with Crippen LogP contribution in [0.5, 0.6) is 0 Å². The first-order valence-corrected chi connectivity index (χ1v) is 6.25. The van der Waals surface area contributed by atoms with Gasteiger partial charge in [0.25, 0.3) is 5.91 Å². The van der Waals surface area contributed by atoms with Gasteiger partial charge >= 0.3 is 6.18 Å². The second-order valence-electron chi connectivity index (χ2n) is 4.63. The molecule has 21 heavy (non-hydrogen) atoms. The molecule has 0 radical (unpaired) electrons. The molecule has 0 N–H and O–H groups in total. The Kier molecular flexibility index (Phi) is 3.05. The Morgan fingerprint density at radius 1 is 0.905 bits per heavy atom. The molecule has 0 spiro atoms. The first-order valence-electron chi connectivity index (χ1n) is 6.25. The highest BCUT2D eigenvalue weighted by atomic mass is 19.4. The van der Waals surface area contributed by atoms with Crippen LogP contribution in [0.15, 0.2) is 60.8 Å². The number of para-hydroxylation sites is 1. The van der Waals surface area contributed by atoms with Crippen molar-refractivity contribution in [1.82, 2.24) is 0 Å². The van der Waals surface area contributed by atoms with Crippen molar-refractivity contribution >= 4 is 17.2 Å². The van der Waals surface area contributed by atoms with Crippen LogP contribution in [0.3, 0.4) is 0 Å². The quantitative estimate of drug-likeness (QED) is 0.815. The van der Waals surface area contributed by atoms with Crippen LogP contribution in [0.4, 0.5) is 18.9 Å². The van der Waals surface area contributed by atoms with Crippen LogP contribution in [0, 0.1) is 0 Å². The van der Waals surface area contributed by atoms with Crippen LogP contribution < -0.4 is 4.90 Å². The highest BCUT2D eigenvalue weighted by Gasteiger charge is 2.33. The Hall–Kier alpha value is -2.56. The van der Waals surface area contributed by atoms with E-state index < -0.39 is 11.7 Å². The zero-order chi connectivity index (χ0) is 15.0. The van der Waals surface area contributed by atoms with E-state index in [4.69, 9.17) is 0 Å². The number of carbonyl (C=O) groups is 1. The Labute approximate surface area is 119 Å². The van der Waals surface area contributed by atoms with E-state index in [1.807, 2.05) is 6.07 Å². The Bertz CT molecular complexity index is 720. The van der Waals surface area contributed by atoms with Gasteiger partial charge in [0.2, 0.25) is 0 Å². The third kappa shape index (κ3) is 2.42. The summed E-state index contributed by atoms with van der Waals surface area (Å²) in [5, 5.41) is 0. The van der Waals surface area contributed by atoms with Gasteiger partial charge in [-0.3, -0.25) is 9.69 Å². The molecule has 0 aromatic heterocycles. The van der Waals surface area contributed by atoms with Gasteiger partial charge in [0.05, 0.1) is 11.1 Å². The van der Waals surface area contributed by atoms with Gasteiger partial charge in [0.15, 0.2) is 0 Å². The Morgan fingerprint density at radius 3 is 2.24 bits per heavy atom. The topological polar surface area (TPSA) is 20.3 Å². The van der Waals surface area contributed by atoms with Crippen molar-refractivity contribution in [2.45, 2.75) is 6.18 Å². The van der Waals surface area contributed by atoms with Crippen LogP contribution in [-0.4, -0.2) is 5.91 Å². The molecule has 1 aliphatic heterocycles. The molecule has 1 amide bonds. The van der Waals surface area contributed by atoms with Gasteiger partial charge in [-0.15, -0.1) is 0 Å².